The summed E-state index contributed by atoms with van der Waals surface area (Å²) in [4.78, 5) is 13.2. The van der Waals surface area contributed by atoms with Crippen molar-refractivity contribution in [3.05, 3.63) is 84.6 Å². The molecular weight excluding hydrogens is 312 g/mol. The van der Waals surface area contributed by atoms with Crippen LogP contribution in [0, 0.1) is 0 Å². The minimum Gasteiger partial charge on any atom is -0.472 e. The predicted molar refractivity (Wildman–Crippen MR) is 96.6 cm³/mol. The molecule has 4 aromatic rings. The summed E-state index contributed by atoms with van der Waals surface area (Å²) in [6.07, 6.45) is 7.51. The summed E-state index contributed by atoms with van der Waals surface area (Å²) in [6.45, 7) is 0. The fraction of sp³-hybridized carbons (Fsp3) is 0.0500. The van der Waals surface area contributed by atoms with Crippen LogP contribution in [0.1, 0.15) is 11.1 Å². The third-order valence-corrected chi connectivity index (χ3v) is 3.98. The number of benzene rings is 1. The number of nitrogens with two attached hydrogens (primary N) is 1. The standard InChI is InChI=1S/C20H16N4O/c21-20-23-18(15-7-4-9-22-12-15)17(11-14-5-2-1-3-6-14)19(24-20)16-8-10-25-13-16/h1-10,12-13H,11H2,(H2,21,23,24). The van der Waals surface area contributed by atoms with Crippen LogP contribution in [0.2, 0.25) is 0 Å². The van der Waals surface area contributed by atoms with E-state index in [1.165, 1.54) is 5.56 Å². The van der Waals surface area contributed by atoms with E-state index in [4.69, 9.17) is 10.2 Å². The Morgan fingerprint density at radius 2 is 1.68 bits per heavy atom. The molecule has 0 aliphatic carbocycles. The van der Waals surface area contributed by atoms with Gasteiger partial charge in [0, 0.05) is 35.5 Å². The van der Waals surface area contributed by atoms with Gasteiger partial charge in [-0.25, -0.2) is 9.97 Å². The van der Waals surface area contributed by atoms with Gasteiger partial charge in [0.05, 0.1) is 23.9 Å². The van der Waals surface area contributed by atoms with E-state index in [0.29, 0.717) is 6.42 Å². The molecule has 3 heterocycles. The molecule has 0 radical (unpaired) electrons. The fourth-order valence-electron chi connectivity index (χ4n) is 2.85. The van der Waals surface area contributed by atoms with Crippen LogP contribution in [-0.2, 0) is 6.42 Å². The van der Waals surface area contributed by atoms with E-state index in [1.54, 1.807) is 24.9 Å². The number of nitrogen functional groups attached to an aromatic ring is 1. The molecule has 4 rings (SSSR count). The Labute approximate surface area is 145 Å². The number of nitrogens with zero attached hydrogens (tertiary/aromatic N) is 3. The molecule has 0 amide bonds. The number of aromatic nitrogens is 3. The van der Waals surface area contributed by atoms with Crippen LogP contribution in [0.5, 0.6) is 0 Å². The van der Waals surface area contributed by atoms with Crippen molar-refractivity contribution in [2.45, 2.75) is 6.42 Å². The Hall–Kier alpha value is -3.47. The van der Waals surface area contributed by atoms with Crippen molar-refractivity contribution in [3.8, 4) is 22.5 Å². The molecule has 3 aromatic heterocycles. The molecule has 0 saturated carbocycles. The molecule has 1 aromatic carbocycles. The number of hydrogen-bond donors (Lipinski definition) is 1. The molecular formula is C20H16N4O. The normalized spacial score (nSPS) is 10.7. The number of hydrogen-bond acceptors (Lipinski definition) is 5. The van der Waals surface area contributed by atoms with E-state index in [2.05, 4.69) is 27.1 Å². The van der Waals surface area contributed by atoms with Gasteiger partial charge in [-0.3, -0.25) is 4.98 Å². The lowest BCUT2D eigenvalue weighted by Gasteiger charge is -2.14. The lowest BCUT2D eigenvalue weighted by molar-refractivity contribution is 0.568. The molecule has 0 atom stereocenters. The van der Waals surface area contributed by atoms with Crippen molar-refractivity contribution in [3.63, 3.8) is 0 Å². The summed E-state index contributed by atoms with van der Waals surface area (Å²) in [5, 5.41) is 0. The van der Waals surface area contributed by atoms with Crippen LogP contribution in [0.25, 0.3) is 22.5 Å². The molecule has 0 aliphatic heterocycles. The summed E-state index contributed by atoms with van der Waals surface area (Å²) >= 11 is 0. The van der Waals surface area contributed by atoms with Gasteiger partial charge in [-0.05, 0) is 23.8 Å². The molecule has 0 saturated heterocycles. The molecule has 25 heavy (non-hydrogen) atoms. The van der Waals surface area contributed by atoms with Gasteiger partial charge in [-0.15, -0.1) is 0 Å². The number of anilines is 1. The maximum Gasteiger partial charge on any atom is 0.221 e. The Bertz CT molecular complexity index is 968. The summed E-state index contributed by atoms with van der Waals surface area (Å²) in [7, 11) is 0. The molecule has 5 nitrogen and oxygen atoms in total. The second-order valence-electron chi connectivity index (χ2n) is 5.67. The average molecular weight is 328 g/mol. The fourth-order valence-corrected chi connectivity index (χ4v) is 2.85. The Morgan fingerprint density at radius 1 is 0.880 bits per heavy atom. The maximum atomic E-state index is 5.99. The van der Waals surface area contributed by atoms with E-state index in [0.717, 1.165) is 28.1 Å². The van der Waals surface area contributed by atoms with E-state index >= 15 is 0 Å². The summed E-state index contributed by atoms with van der Waals surface area (Å²) in [5.41, 5.74) is 11.5. The SMILES string of the molecule is Nc1nc(-c2cccnc2)c(Cc2ccccc2)c(-c2ccoc2)n1. The lowest BCUT2D eigenvalue weighted by Crippen LogP contribution is -2.05. The second-order valence-corrected chi connectivity index (χ2v) is 5.67. The van der Waals surface area contributed by atoms with Gasteiger partial charge in [-0.2, -0.15) is 0 Å². The molecule has 0 aliphatic rings. The van der Waals surface area contributed by atoms with Gasteiger partial charge >= 0.3 is 0 Å². The largest absolute Gasteiger partial charge is 0.472 e. The third-order valence-electron chi connectivity index (χ3n) is 3.98. The van der Waals surface area contributed by atoms with Crippen molar-refractivity contribution < 1.29 is 4.42 Å². The Balaban J connectivity index is 1.94. The summed E-state index contributed by atoms with van der Waals surface area (Å²) in [6, 6.07) is 16.0. The molecule has 0 unspecified atom stereocenters. The van der Waals surface area contributed by atoms with Crippen molar-refractivity contribution >= 4 is 5.95 Å². The van der Waals surface area contributed by atoms with Crippen LogP contribution < -0.4 is 5.73 Å². The molecule has 2 N–H and O–H groups in total. The maximum absolute atomic E-state index is 5.99. The van der Waals surface area contributed by atoms with Gasteiger partial charge in [0.15, 0.2) is 0 Å². The highest BCUT2D eigenvalue weighted by Crippen LogP contribution is 2.32. The van der Waals surface area contributed by atoms with E-state index < -0.39 is 0 Å². The quantitative estimate of drug-likeness (QED) is 0.613. The van der Waals surface area contributed by atoms with E-state index in [1.807, 2.05) is 36.4 Å². The highest BCUT2D eigenvalue weighted by atomic mass is 16.3. The number of rotatable bonds is 4. The van der Waals surface area contributed by atoms with Crippen molar-refractivity contribution in [2.24, 2.45) is 0 Å². The smallest absolute Gasteiger partial charge is 0.221 e. The number of furan rings is 1. The first-order valence-electron chi connectivity index (χ1n) is 7.94. The first-order chi connectivity index (χ1) is 12.3. The molecule has 0 fully saturated rings. The predicted octanol–water partition coefficient (Wildman–Crippen LogP) is 3.97. The zero-order valence-corrected chi connectivity index (χ0v) is 13.5. The highest BCUT2D eigenvalue weighted by molar-refractivity contribution is 5.74. The van der Waals surface area contributed by atoms with Crippen LogP contribution in [0.4, 0.5) is 5.95 Å². The van der Waals surface area contributed by atoms with Gasteiger partial charge in [0.25, 0.3) is 0 Å². The van der Waals surface area contributed by atoms with Crippen molar-refractivity contribution in [1.29, 1.82) is 0 Å². The lowest BCUT2D eigenvalue weighted by atomic mass is 9.96. The Kier molecular flexibility index (Phi) is 3.96. The first kappa shape index (κ1) is 15.1. The zero-order chi connectivity index (χ0) is 17.1. The van der Waals surface area contributed by atoms with Gasteiger partial charge in [0.2, 0.25) is 5.95 Å². The number of pyridine rings is 1. The molecule has 5 heteroatoms. The third kappa shape index (κ3) is 3.12. The molecule has 122 valence electrons. The monoisotopic (exact) mass is 328 g/mol. The zero-order valence-electron chi connectivity index (χ0n) is 13.5. The van der Waals surface area contributed by atoms with Crippen LogP contribution in [-0.4, -0.2) is 15.0 Å². The van der Waals surface area contributed by atoms with Crippen LogP contribution in [0.15, 0.2) is 77.9 Å². The minimum absolute atomic E-state index is 0.229. The van der Waals surface area contributed by atoms with E-state index in [9.17, 15) is 0 Å². The van der Waals surface area contributed by atoms with Gasteiger partial charge in [-0.1, -0.05) is 30.3 Å². The second kappa shape index (κ2) is 6.57. The first-order valence-corrected chi connectivity index (χ1v) is 7.94. The van der Waals surface area contributed by atoms with Crippen molar-refractivity contribution in [2.75, 3.05) is 5.73 Å². The van der Waals surface area contributed by atoms with Gasteiger partial charge < -0.3 is 10.2 Å². The summed E-state index contributed by atoms with van der Waals surface area (Å²) in [5.74, 6) is 0.229. The topological polar surface area (TPSA) is 77.8 Å². The summed E-state index contributed by atoms with van der Waals surface area (Å²) < 4.78 is 5.25. The highest BCUT2D eigenvalue weighted by Gasteiger charge is 2.18. The van der Waals surface area contributed by atoms with Crippen LogP contribution >= 0.6 is 0 Å². The minimum atomic E-state index is 0.229. The van der Waals surface area contributed by atoms with Gasteiger partial charge in [0.1, 0.15) is 0 Å². The van der Waals surface area contributed by atoms with E-state index in [-0.39, 0.29) is 5.95 Å². The molecule has 0 spiro atoms. The van der Waals surface area contributed by atoms with Crippen LogP contribution in [0.3, 0.4) is 0 Å². The molecule has 0 bridgehead atoms. The Morgan fingerprint density at radius 3 is 2.36 bits per heavy atom. The average Bonchev–Trinajstić information content (AvgIpc) is 3.19. The van der Waals surface area contributed by atoms with Crippen molar-refractivity contribution in [1.82, 2.24) is 15.0 Å².